The summed E-state index contributed by atoms with van der Waals surface area (Å²) in [4.78, 5) is 22.1. The lowest BCUT2D eigenvalue weighted by atomic mass is 10.1. The zero-order chi connectivity index (χ0) is 17.5. The number of ether oxygens (including phenoxy) is 1. The number of benzene rings is 2. The molecule has 0 saturated heterocycles. The second-order valence-corrected chi connectivity index (χ2v) is 5.25. The van der Waals surface area contributed by atoms with E-state index >= 15 is 0 Å². The van der Waals surface area contributed by atoms with Crippen molar-refractivity contribution >= 4 is 17.4 Å². The number of nitrogens with one attached hydrogen (secondary N) is 2. The number of methoxy groups -OCH3 is 1. The Labute approximate surface area is 139 Å². The lowest BCUT2D eigenvalue weighted by molar-refractivity contribution is -0.384. The summed E-state index contributed by atoms with van der Waals surface area (Å²) in [6.07, 6.45) is 0.618. The molecule has 7 nitrogen and oxygen atoms in total. The first-order valence-electron chi connectivity index (χ1n) is 7.42. The standard InChI is InChI=1S/C17H19N3O4/c1-12-6-7-16(24-2)13(10-12)8-9-18-17(21)19-14-4-3-5-15(11-14)20(22)23/h3-7,10-11H,8-9H2,1-2H3,(H2,18,19,21). The van der Waals surface area contributed by atoms with E-state index in [-0.39, 0.29) is 5.69 Å². The highest BCUT2D eigenvalue weighted by atomic mass is 16.6. The molecule has 0 bridgehead atoms. The van der Waals surface area contributed by atoms with Crippen LogP contribution in [-0.4, -0.2) is 24.6 Å². The molecule has 0 atom stereocenters. The van der Waals surface area contributed by atoms with Crippen LogP contribution in [0, 0.1) is 17.0 Å². The molecule has 2 N–H and O–H groups in total. The van der Waals surface area contributed by atoms with Gasteiger partial charge in [-0.05, 0) is 31.0 Å². The van der Waals surface area contributed by atoms with Crippen LogP contribution in [0.1, 0.15) is 11.1 Å². The third-order valence-electron chi connectivity index (χ3n) is 3.43. The van der Waals surface area contributed by atoms with Crippen LogP contribution >= 0.6 is 0 Å². The first-order valence-corrected chi connectivity index (χ1v) is 7.42. The van der Waals surface area contributed by atoms with Gasteiger partial charge in [-0.25, -0.2) is 4.79 Å². The van der Waals surface area contributed by atoms with Gasteiger partial charge < -0.3 is 15.4 Å². The molecule has 0 aliphatic heterocycles. The molecule has 0 heterocycles. The van der Waals surface area contributed by atoms with Gasteiger partial charge in [0.25, 0.3) is 5.69 Å². The summed E-state index contributed by atoms with van der Waals surface area (Å²) in [6, 6.07) is 11.2. The molecule has 24 heavy (non-hydrogen) atoms. The molecule has 0 radical (unpaired) electrons. The first kappa shape index (κ1) is 17.3. The van der Waals surface area contributed by atoms with Crippen molar-refractivity contribution in [3.8, 4) is 5.75 Å². The summed E-state index contributed by atoms with van der Waals surface area (Å²) in [5.74, 6) is 0.779. The van der Waals surface area contributed by atoms with Crippen LogP contribution < -0.4 is 15.4 Å². The van der Waals surface area contributed by atoms with Crippen molar-refractivity contribution in [3.05, 3.63) is 63.7 Å². The maximum atomic E-state index is 11.9. The van der Waals surface area contributed by atoms with E-state index in [1.807, 2.05) is 25.1 Å². The van der Waals surface area contributed by atoms with Crippen LogP contribution in [0.15, 0.2) is 42.5 Å². The number of amides is 2. The monoisotopic (exact) mass is 329 g/mol. The number of hydrogen-bond donors (Lipinski definition) is 2. The Morgan fingerprint density at radius 3 is 2.75 bits per heavy atom. The first-order chi connectivity index (χ1) is 11.5. The summed E-state index contributed by atoms with van der Waals surface area (Å²) >= 11 is 0. The van der Waals surface area contributed by atoms with Crippen molar-refractivity contribution in [1.82, 2.24) is 5.32 Å². The lowest BCUT2D eigenvalue weighted by Gasteiger charge is -2.11. The van der Waals surface area contributed by atoms with Gasteiger partial charge in [-0.15, -0.1) is 0 Å². The molecule has 0 unspecified atom stereocenters. The molecule has 0 fully saturated rings. The van der Waals surface area contributed by atoms with E-state index < -0.39 is 11.0 Å². The minimum atomic E-state index is -0.507. The summed E-state index contributed by atoms with van der Waals surface area (Å²) in [5.41, 5.74) is 2.42. The molecule has 2 aromatic carbocycles. The predicted molar refractivity (Wildman–Crippen MR) is 91.6 cm³/mol. The molecule has 126 valence electrons. The maximum absolute atomic E-state index is 11.9. The Hall–Kier alpha value is -3.09. The number of carbonyl (C=O) groups is 1. The van der Waals surface area contributed by atoms with Gasteiger partial charge in [-0.1, -0.05) is 23.8 Å². The highest BCUT2D eigenvalue weighted by molar-refractivity contribution is 5.89. The van der Waals surface area contributed by atoms with Crippen LogP contribution in [-0.2, 0) is 6.42 Å². The fraction of sp³-hybridized carbons (Fsp3) is 0.235. The fourth-order valence-corrected chi connectivity index (χ4v) is 2.29. The SMILES string of the molecule is COc1ccc(C)cc1CCNC(=O)Nc1cccc([N+](=O)[O-])c1. The van der Waals surface area contributed by atoms with Gasteiger partial charge in [0.05, 0.1) is 12.0 Å². The third-order valence-corrected chi connectivity index (χ3v) is 3.43. The van der Waals surface area contributed by atoms with Crippen molar-refractivity contribution in [1.29, 1.82) is 0 Å². The van der Waals surface area contributed by atoms with Gasteiger partial charge in [0.1, 0.15) is 5.75 Å². The number of hydrogen-bond acceptors (Lipinski definition) is 4. The lowest BCUT2D eigenvalue weighted by Crippen LogP contribution is -2.30. The van der Waals surface area contributed by atoms with E-state index in [9.17, 15) is 14.9 Å². The number of nitro groups is 1. The number of anilines is 1. The minimum Gasteiger partial charge on any atom is -0.496 e. The molecule has 2 rings (SSSR count). The molecule has 7 heteroatoms. The Kier molecular flexibility index (Phi) is 5.73. The van der Waals surface area contributed by atoms with Gasteiger partial charge >= 0.3 is 6.03 Å². The van der Waals surface area contributed by atoms with Crippen LogP contribution in [0.3, 0.4) is 0 Å². The number of rotatable bonds is 6. The highest BCUT2D eigenvalue weighted by Gasteiger charge is 2.08. The van der Waals surface area contributed by atoms with E-state index in [4.69, 9.17) is 4.74 Å². The van der Waals surface area contributed by atoms with Crippen molar-refractivity contribution in [2.45, 2.75) is 13.3 Å². The van der Waals surface area contributed by atoms with E-state index in [1.54, 1.807) is 13.2 Å². The van der Waals surface area contributed by atoms with Crippen LogP contribution in [0.25, 0.3) is 0 Å². The van der Waals surface area contributed by atoms with E-state index in [1.165, 1.54) is 18.2 Å². The molecule has 0 aromatic heterocycles. The molecule has 2 amide bonds. The number of non-ortho nitro benzene ring substituents is 1. The van der Waals surface area contributed by atoms with Crippen molar-refractivity contribution < 1.29 is 14.5 Å². The maximum Gasteiger partial charge on any atom is 0.319 e. The normalized spacial score (nSPS) is 10.1. The predicted octanol–water partition coefficient (Wildman–Crippen LogP) is 3.28. The number of nitro benzene ring substituents is 1. The van der Waals surface area contributed by atoms with E-state index in [0.717, 1.165) is 16.9 Å². The zero-order valence-electron chi connectivity index (χ0n) is 13.5. The Morgan fingerprint density at radius 1 is 1.25 bits per heavy atom. The van der Waals surface area contributed by atoms with Crippen LogP contribution in [0.2, 0.25) is 0 Å². The van der Waals surface area contributed by atoms with Gasteiger partial charge in [-0.3, -0.25) is 10.1 Å². The van der Waals surface area contributed by atoms with Crippen molar-refractivity contribution in [3.63, 3.8) is 0 Å². The molecule has 0 aliphatic carbocycles. The van der Waals surface area contributed by atoms with E-state index in [0.29, 0.717) is 18.7 Å². The molecule has 2 aromatic rings. The second-order valence-electron chi connectivity index (χ2n) is 5.25. The molecule has 0 aliphatic rings. The summed E-state index contributed by atoms with van der Waals surface area (Å²) in [6.45, 7) is 2.41. The number of carbonyl (C=O) groups excluding carboxylic acids is 1. The van der Waals surface area contributed by atoms with Gasteiger partial charge in [-0.2, -0.15) is 0 Å². The average Bonchev–Trinajstić information content (AvgIpc) is 2.55. The average molecular weight is 329 g/mol. The van der Waals surface area contributed by atoms with Crippen LogP contribution in [0.5, 0.6) is 5.75 Å². The third kappa shape index (κ3) is 4.70. The molecular formula is C17H19N3O4. The summed E-state index contributed by atoms with van der Waals surface area (Å²) < 4.78 is 5.30. The number of nitrogens with zero attached hydrogens (tertiary/aromatic N) is 1. The largest absolute Gasteiger partial charge is 0.496 e. The Balaban J connectivity index is 1.89. The summed E-state index contributed by atoms with van der Waals surface area (Å²) in [5, 5.41) is 16.0. The molecule has 0 spiro atoms. The molecular weight excluding hydrogens is 310 g/mol. The second kappa shape index (κ2) is 7.96. The zero-order valence-corrected chi connectivity index (χ0v) is 13.5. The van der Waals surface area contributed by atoms with Crippen molar-refractivity contribution in [2.24, 2.45) is 0 Å². The van der Waals surface area contributed by atoms with E-state index in [2.05, 4.69) is 10.6 Å². The molecule has 0 saturated carbocycles. The summed E-state index contributed by atoms with van der Waals surface area (Å²) in [7, 11) is 1.61. The topological polar surface area (TPSA) is 93.5 Å². The minimum absolute atomic E-state index is 0.0719. The fourth-order valence-electron chi connectivity index (χ4n) is 2.29. The van der Waals surface area contributed by atoms with Gasteiger partial charge in [0.15, 0.2) is 0 Å². The Bertz CT molecular complexity index is 746. The van der Waals surface area contributed by atoms with Gasteiger partial charge in [0, 0.05) is 24.4 Å². The highest BCUT2D eigenvalue weighted by Crippen LogP contribution is 2.20. The smallest absolute Gasteiger partial charge is 0.319 e. The van der Waals surface area contributed by atoms with Crippen molar-refractivity contribution in [2.75, 3.05) is 19.0 Å². The quantitative estimate of drug-likeness (QED) is 0.628. The van der Waals surface area contributed by atoms with Crippen LogP contribution in [0.4, 0.5) is 16.2 Å². The number of urea groups is 1. The Morgan fingerprint density at radius 2 is 2.04 bits per heavy atom. The van der Waals surface area contributed by atoms with Gasteiger partial charge in [0.2, 0.25) is 0 Å². The number of aryl methyl sites for hydroxylation is 1.